The third kappa shape index (κ3) is 2.21. The number of aryl methyl sites for hydroxylation is 1. The summed E-state index contributed by atoms with van der Waals surface area (Å²) in [6.45, 7) is 0.809. The zero-order chi connectivity index (χ0) is 13.4. The number of benzene rings is 1. The second-order valence-corrected chi connectivity index (χ2v) is 5.29. The number of hydrogen-bond acceptors (Lipinski definition) is 4. The number of hydrogen-bond donors (Lipinski definition) is 1. The molecule has 0 saturated carbocycles. The molecule has 5 heteroatoms. The summed E-state index contributed by atoms with van der Waals surface area (Å²) >= 11 is 0. The number of anilines is 1. The van der Waals surface area contributed by atoms with E-state index < -0.39 is 0 Å². The van der Waals surface area contributed by atoms with Crippen LogP contribution in [0.25, 0.3) is 11.4 Å². The lowest BCUT2D eigenvalue weighted by Gasteiger charge is -2.21. The van der Waals surface area contributed by atoms with Crippen LogP contribution in [0, 0.1) is 0 Å². The van der Waals surface area contributed by atoms with Gasteiger partial charge in [0.2, 0.25) is 0 Å². The highest BCUT2D eigenvalue weighted by atomic mass is 15.3. The number of fused-ring (bicyclic) bond motifs is 1. The van der Waals surface area contributed by atoms with Crippen molar-refractivity contribution in [1.29, 1.82) is 0 Å². The maximum absolute atomic E-state index is 6.05. The van der Waals surface area contributed by atoms with Crippen LogP contribution < -0.4 is 10.6 Å². The van der Waals surface area contributed by atoms with Crippen molar-refractivity contribution in [3.8, 4) is 11.4 Å². The molecule has 0 fully saturated rings. The van der Waals surface area contributed by atoms with Crippen molar-refractivity contribution in [1.82, 2.24) is 14.8 Å². The molecule has 0 spiro atoms. The van der Waals surface area contributed by atoms with Gasteiger partial charge in [0.25, 0.3) is 0 Å². The first-order chi connectivity index (χ1) is 9.15. The molecule has 1 aromatic heterocycles. The lowest BCUT2D eigenvalue weighted by Crippen LogP contribution is -2.32. The molecular formula is C14H19N5. The van der Waals surface area contributed by atoms with Gasteiger partial charge in [0.05, 0.1) is 0 Å². The Hall–Kier alpha value is -1.88. The van der Waals surface area contributed by atoms with Gasteiger partial charge in [-0.1, -0.05) is 12.1 Å². The van der Waals surface area contributed by atoms with Crippen molar-refractivity contribution in [3.63, 3.8) is 0 Å². The smallest absolute Gasteiger partial charge is 0.164 e. The SMILES string of the molecule is CN(C)c1cccc(-c2nnc3n2CC(N)CC3)c1. The van der Waals surface area contributed by atoms with E-state index >= 15 is 0 Å². The van der Waals surface area contributed by atoms with Crippen LogP contribution in [0.2, 0.25) is 0 Å². The Balaban J connectivity index is 2.03. The molecule has 0 amide bonds. The van der Waals surface area contributed by atoms with Gasteiger partial charge < -0.3 is 15.2 Å². The summed E-state index contributed by atoms with van der Waals surface area (Å²) in [5, 5.41) is 8.63. The monoisotopic (exact) mass is 257 g/mol. The van der Waals surface area contributed by atoms with E-state index in [-0.39, 0.29) is 6.04 Å². The number of aromatic nitrogens is 3. The Bertz CT molecular complexity index is 587. The van der Waals surface area contributed by atoms with Gasteiger partial charge in [-0.2, -0.15) is 0 Å². The largest absolute Gasteiger partial charge is 0.378 e. The molecule has 1 unspecified atom stereocenters. The predicted molar refractivity (Wildman–Crippen MR) is 76.1 cm³/mol. The maximum Gasteiger partial charge on any atom is 0.164 e. The fourth-order valence-electron chi connectivity index (χ4n) is 2.49. The Morgan fingerprint density at radius 3 is 2.95 bits per heavy atom. The van der Waals surface area contributed by atoms with E-state index in [1.807, 2.05) is 14.1 Å². The molecule has 1 aliphatic rings. The molecule has 0 saturated heterocycles. The molecule has 1 atom stereocenters. The van der Waals surface area contributed by atoms with Crippen molar-refractivity contribution in [2.24, 2.45) is 5.73 Å². The van der Waals surface area contributed by atoms with Gasteiger partial charge >= 0.3 is 0 Å². The molecule has 2 aromatic rings. The molecule has 2 N–H and O–H groups in total. The van der Waals surface area contributed by atoms with Crippen molar-refractivity contribution in [2.45, 2.75) is 25.4 Å². The second kappa shape index (κ2) is 4.66. The number of nitrogens with two attached hydrogens (primary N) is 1. The minimum absolute atomic E-state index is 0.208. The summed E-state index contributed by atoms with van der Waals surface area (Å²) in [7, 11) is 4.07. The Labute approximate surface area is 113 Å². The first-order valence-corrected chi connectivity index (χ1v) is 6.60. The Morgan fingerprint density at radius 1 is 1.32 bits per heavy atom. The van der Waals surface area contributed by atoms with E-state index in [0.717, 1.165) is 42.3 Å². The third-order valence-electron chi connectivity index (χ3n) is 3.60. The average Bonchev–Trinajstić information content (AvgIpc) is 2.81. The lowest BCUT2D eigenvalue weighted by atomic mass is 10.1. The van der Waals surface area contributed by atoms with Crippen molar-refractivity contribution < 1.29 is 0 Å². The van der Waals surface area contributed by atoms with Crippen LogP contribution in [0.1, 0.15) is 12.2 Å². The van der Waals surface area contributed by atoms with Crippen LogP contribution in [0.4, 0.5) is 5.69 Å². The molecule has 1 aliphatic heterocycles. The minimum Gasteiger partial charge on any atom is -0.378 e. The van der Waals surface area contributed by atoms with Crippen LogP contribution in [0.3, 0.4) is 0 Å². The highest BCUT2D eigenvalue weighted by Gasteiger charge is 2.21. The molecule has 3 rings (SSSR count). The van der Waals surface area contributed by atoms with Crippen LogP contribution in [-0.2, 0) is 13.0 Å². The summed E-state index contributed by atoms with van der Waals surface area (Å²) in [5.41, 5.74) is 8.31. The predicted octanol–water partition coefficient (Wildman–Crippen LogP) is 1.28. The Morgan fingerprint density at radius 2 is 2.16 bits per heavy atom. The van der Waals surface area contributed by atoms with Gasteiger partial charge in [0.1, 0.15) is 5.82 Å². The standard InChI is InChI=1S/C14H19N5/c1-18(2)12-5-3-4-10(8-12)14-17-16-13-7-6-11(15)9-19(13)14/h3-5,8,11H,6-7,9,15H2,1-2H3. The highest BCUT2D eigenvalue weighted by molar-refractivity contribution is 5.63. The maximum atomic E-state index is 6.05. The lowest BCUT2D eigenvalue weighted by molar-refractivity contribution is 0.456. The van der Waals surface area contributed by atoms with Crippen molar-refractivity contribution >= 4 is 5.69 Å². The van der Waals surface area contributed by atoms with Crippen molar-refractivity contribution in [2.75, 3.05) is 19.0 Å². The fourth-order valence-corrected chi connectivity index (χ4v) is 2.49. The molecule has 19 heavy (non-hydrogen) atoms. The summed E-state index contributed by atoms with van der Waals surface area (Å²) in [5.74, 6) is 1.97. The second-order valence-electron chi connectivity index (χ2n) is 5.29. The normalized spacial score (nSPS) is 18.2. The molecular weight excluding hydrogens is 238 g/mol. The van der Waals surface area contributed by atoms with E-state index in [9.17, 15) is 0 Å². The van der Waals surface area contributed by atoms with Crippen molar-refractivity contribution in [3.05, 3.63) is 30.1 Å². The number of nitrogens with zero attached hydrogens (tertiary/aromatic N) is 4. The van der Waals surface area contributed by atoms with Gasteiger partial charge in [-0.15, -0.1) is 10.2 Å². The summed E-state index contributed by atoms with van der Waals surface area (Å²) in [4.78, 5) is 2.09. The van der Waals surface area contributed by atoms with E-state index in [1.54, 1.807) is 0 Å². The summed E-state index contributed by atoms with van der Waals surface area (Å²) < 4.78 is 2.16. The molecule has 2 heterocycles. The zero-order valence-electron chi connectivity index (χ0n) is 11.4. The third-order valence-corrected chi connectivity index (χ3v) is 3.60. The molecule has 0 aliphatic carbocycles. The topological polar surface area (TPSA) is 60.0 Å². The first-order valence-electron chi connectivity index (χ1n) is 6.60. The molecule has 0 radical (unpaired) electrons. The number of rotatable bonds is 2. The minimum atomic E-state index is 0.208. The van der Waals surface area contributed by atoms with Gasteiger partial charge in [-0.25, -0.2) is 0 Å². The van der Waals surface area contributed by atoms with Crippen LogP contribution in [0.15, 0.2) is 24.3 Å². The van der Waals surface area contributed by atoms with E-state index in [2.05, 4.69) is 43.9 Å². The van der Waals surface area contributed by atoms with Gasteiger partial charge in [0, 0.05) is 44.4 Å². The van der Waals surface area contributed by atoms with Crippen LogP contribution in [-0.4, -0.2) is 34.9 Å². The van der Waals surface area contributed by atoms with E-state index in [0.29, 0.717) is 0 Å². The van der Waals surface area contributed by atoms with E-state index in [4.69, 9.17) is 5.73 Å². The van der Waals surface area contributed by atoms with E-state index in [1.165, 1.54) is 0 Å². The average molecular weight is 257 g/mol. The summed E-state index contributed by atoms with van der Waals surface area (Å²) in [6, 6.07) is 8.55. The fraction of sp³-hybridized carbons (Fsp3) is 0.429. The summed E-state index contributed by atoms with van der Waals surface area (Å²) in [6.07, 6.45) is 1.91. The molecule has 0 bridgehead atoms. The molecule has 5 nitrogen and oxygen atoms in total. The Kier molecular flexibility index (Phi) is 2.98. The first kappa shape index (κ1) is 12.2. The van der Waals surface area contributed by atoms with Gasteiger partial charge in [0.15, 0.2) is 5.82 Å². The van der Waals surface area contributed by atoms with Gasteiger partial charge in [-0.3, -0.25) is 0 Å². The highest BCUT2D eigenvalue weighted by Crippen LogP contribution is 2.25. The van der Waals surface area contributed by atoms with Gasteiger partial charge in [-0.05, 0) is 18.6 Å². The van der Waals surface area contributed by atoms with Crippen LogP contribution >= 0.6 is 0 Å². The zero-order valence-corrected chi connectivity index (χ0v) is 11.4. The van der Waals surface area contributed by atoms with Crippen LogP contribution in [0.5, 0.6) is 0 Å². The quantitative estimate of drug-likeness (QED) is 0.880. The molecule has 100 valence electrons. The molecule has 1 aromatic carbocycles.